The lowest BCUT2D eigenvalue weighted by Gasteiger charge is -2.19. The Labute approximate surface area is 150 Å². The summed E-state index contributed by atoms with van der Waals surface area (Å²) >= 11 is 0. The summed E-state index contributed by atoms with van der Waals surface area (Å²) < 4.78 is 27.2. The fourth-order valence-electron chi connectivity index (χ4n) is 2.47. The second kappa shape index (κ2) is 9.35. The predicted octanol–water partition coefficient (Wildman–Crippen LogP) is 0.973. The number of methoxy groups -OCH3 is 2. The minimum Gasteiger partial charge on any atom is -0.487 e. The van der Waals surface area contributed by atoms with Crippen molar-refractivity contribution in [1.82, 2.24) is 4.57 Å². The van der Waals surface area contributed by atoms with Gasteiger partial charge in [-0.1, -0.05) is 13.3 Å². The van der Waals surface area contributed by atoms with Crippen LogP contribution in [0.3, 0.4) is 0 Å². The van der Waals surface area contributed by atoms with Gasteiger partial charge in [-0.25, -0.2) is 9.59 Å². The summed E-state index contributed by atoms with van der Waals surface area (Å²) in [6.45, 7) is 3.10. The van der Waals surface area contributed by atoms with Crippen molar-refractivity contribution in [2.45, 2.75) is 32.6 Å². The molecule has 2 rings (SSSR count). The molecule has 0 atom stereocenters. The second-order valence-electron chi connectivity index (χ2n) is 5.56. The predicted molar refractivity (Wildman–Crippen MR) is 89.5 cm³/mol. The zero-order chi connectivity index (χ0) is 19.1. The number of ether oxygens (including phenoxy) is 5. The van der Waals surface area contributed by atoms with Gasteiger partial charge in [-0.2, -0.15) is 0 Å². The van der Waals surface area contributed by atoms with E-state index in [0.29, 0.717) is 19.6 Å². The van der Waals surface area contributed by atoms with Crippen LogP contribution >= 0.6 is 0 Å². The van der Waals surface area contributed by atoms with Gasteiger partial charge in [0.25, 0.3) is 0 Å². The number of nitrogens with zero attached hydrogens (tertiary/aromatic N) is 1. The Kier molecular flexibility index (Phi) is 7.16. The zero-order valence-electron chi connectivity index (χ0n) is 15.1. The molecule has 0 N–H and O–H groups in total. The molecule has 1 aromatic rings. The van der Waals surface area contributed by atoms with Crippen LogP contribution in [0.2, 0.25) is 0 Å². The molecule has 0 aromatic carbocycles. The molecule has 0 bridgehead atoms. The van der Waals surface area contributed by atoms with Crippen LogP contribution in [-0.2, 0) is 25.5 Å². The summed E-state index contributed by atoms with van der Waals surface area (Å²) in [5.74, 6) is -1.83. The highest BCUT2D eigenvalue weighted by Gasteiger charge is 2.28. The van der Waals surface area contributed by atoms with Gasteiger partial charge in [0.05, 0.1) is 40.6 Å². The number of carbonyl (C=O) groups excluding carboxylic acids is 2. The molecule has 1 aliphatic heterocycles. The molecule has 0 unspecified atom stereocenters. The van der Waals surface area contributed by atoms with Gasteiger partial charge in [-0.3, -0.25) is 4.79 Å². The molecule has 9 nitrogen and oxygen atoms in total. The number of aromatic nitrogens is 1. The Bertz CT molecular complexity index is 705. The molecule has 0 spiro atoms. The highest BCUT2D eigenvalue weighted by molar-refractivity contribution is 5.94. The Balaban J connectivity index is 2.56. The van der Waals surface area contributed by atoms with Crippen molar-refractivity contribution < 1.29 is 33.3 Å². The number of rotatable bonds is 8. The SMILES string of the molecule is CCCCOc1c(C(=O)OC)n(CC2OCCO2)cc(C(=O)OC)c1=O. The van der Waals surface area contributed by atoms with Gasteiger partial charge in [0, 0.05) is 6.20 Å². The Hall–Kier alpha value is -2.39. The van der Waals surface area contributed by atoms with Gasteiger partial charge in [-0.05, 0) is 6.42 Å². The highest BCUT2D eigenvalue weighted by Crippen LogP contribution is 2.20. The number of hydrogen-bond donors (Lipinski definition) is 0. The lowest BCUT2D eigenvalue weighted by Crippen LogP contribution is -2.30. The maximum Gasteiger partial charge on any atom is 0.358 e. The normalized spacial score (nSPS) is 14.3. The molecule has 9 heteroatoms. The van der Waals surface area contributed by atoms with Gasteiger partial charge >= 0.3 is 11.9 Å². The summed E-state index contributed by atoms with van der Waals surface area (Å²) in [7, 11) is 2.37. The third kappa shape index (κ3) is 4.41. The Morgan fingerprint density at radius 1 is 1.19 bits per heavy atom. The molecule has 0 radical (unpaired) electrons. The Morgan fingerprint density at radius 2 is 1.85 bits per heavy atom. The van der Waals surface area contributed by atoms with Gasteiger partial charge < -0.3 is 28.3 Å². The summed E-state index contributed by atoms with van der Waals surface area (Å²) in [5, 5.41) is 0. The van der Waals surface area contributed by atoms with E-state index in [0.717, 1.165) is 6.42 Å². The average Bonchev–Trinajstić information content (AvgIpc) is 3.15. The van der Waals surface area contributed by atoms with E-state index in [4.69, 9.17) is 18.9 Å². The topological polar surface area (TPSA) is 102 Å². The van der Waals surface area contributed by atoms with Crippen LogP contribution in [0.5, 0.6) is 5.75 Å². The summed E-state index contributed by atoms with van der Waals surface area (Å²) in [5.41, 5.74) is -1.07. The zero-order valence-corrected chi connectivity index (χ0v) is 15.1. The maximum atomic E-state index is 12.7. The van der Waals surface area contributed by atoms with E-state index in [1.54, 1.807) is 0 Å². The molecule has 144 valence electrons. The molecule has 0 amide bonds. The van der Waals surface area contributed by atoms with E-state index in [2.05, 4.69) is 4.74 Å². The van der Waals surface area contributed by atoms with E-state index in [1.807, 2.05) is 6.92 Å². The lowest BCUT2D eigenvalue weighted by molar-refractivity contribution is -0.0531. The van der Waals surface area contributed by atoms with E-state index in [1.165, 1.54) is 25.0 Å². The van der Waals surface area contributed by atoms with E-state index < -0.39 is 23.7 Å². The van der Waals surface area contributed by atoms with Crippen LogP contribution in [0, 0.1) is 0 Å². The summed E-state index contributed by atoms with van der Waals surface area (Å²) in [4.78, 5) is 37.0. The molecule has 0 saturated carbocycles. The monoisotopic (exact) mass is 369 g/mol. The van der Waals surface area contributed by atoms with Crippen molar-refractivity contribution in [1.29, 1.82) is 0 Å². The third-order valence-corrected chi connectivity index (χ3v) is 3.80. The van der Waals surface area contributed by atoms with Crippen LogP contribution in [-0.4, -0.2) is 56.8 Å². The van der Waals surface area contributed by atoms with Crippen molar-refractivity contribution in [3.63, 3.8) is 0 Å². The number of pyridine rings is 1. The van der Waals surface area contributed by atoms with Gasteiger partial charge in [0.2, 0.25) is 5.43 Å². The first kappa shape index (κ1) is 19.9. The lowest BCUT2D eigenvalue weighted by atomic mass is 10.2. The summed E-state index contributed by atoms with van der Waals surface area (Å²) in [6, 6.07) is 0. The Morgan fingerprint density at radius 3 is 2.42 bits per heavy atom. The van der Waals surface area contributed by atoms with Crippen LogP contribution in [0.25, 0.3) is 0 Å². The van der Waals surface area contributed by atoms with E-state index in [-0.39, 0.29) is 30.2 Å². The van der Waals surface area contributed by atoms with Crippen molar-refractivity contribution in [3.8, 4) is 5.75 Å². The molecule has 0 aliphatic carbocycles. The minimum atomic E-state index is -0.825. The number of carbonyl (C=O) groups is 2. The third-order valence-electron chi connectivity index (χ3n) is 3.80. The average molecular weight is 369 g/mol. The van der Waals surface area contributed by atoms with E-state index >= 15 is 0 Å². The highest BCUT2D eigenvalue weighted by atomic mass is 16.7. The van der Waals surface area contributed by atoms with E-state index in [9.17, 15) is 14.4 Å². The van der Waals surface area contributed by atoms with Crippen molar-refractivity contribution >= 4 is 11.9 Å². The first-order chi connectivity index (χ1) is 12.5. The fourth-order valence-corrected chi connectivity index (χ4v) is 2.47. The van der Waals surface area contributed by atoms with Crippen molar-refractivity contribution in [2.24, 2.45) is 0 Å². The largest absolute Gasteiger partial charge is 0.487 e. The van der Waals surface area contributed by atoms with Crippen molar-refractivity contribution in [2.75, 3.05) is 34.0 Å². The number of hydrogen-bond acceptors (Lipinski definition) is 8. The minimum absolute atomic E-state index is 0.0822. The quantitative estimate of drug-likeness (QED) is 0.493. The fraction of sp³-hybridized carbons (Fsp3) is 0.588. The first-order valence-electron chi connectivity index (χ1n) is 8.33. The number of esters is 2. The molecule has 1 aromatic heterocycles. The van der Waals surface area contributed by atoms with Crippen LogP contribution < -0.4 is 10.2 Å². The molecular formula is C17H23NO8. The molecule has 26 heavy (non-hydrogen) atoms. The van der Waals surface area contributed by atoms with Crippen LogP contribution in [0.15, 0.2) is 11.0 Å². The molecule has 2 heterocycles. The van der Waals surface area contributed by atoms with Crippen molar-refractivity contribution in [3.05, 3.63) is 27.7 Å². The molecule has 1 fully saturated rings. The molecule has 1 aliphatic rings. The van der Waals surface area contributed by atoms with Gasteiger partial charge in [0.1, 0.15) is 5.56 Å². The smallest absolute Gasteiger partial charge is 0.358 e. The molecule has 1 saturated heterocycles. The standard InChI is InChI=1S/C17H23NO8/c1-4-5-6-26-15-13(17(21)23-3)18(10-12-24-7-8-25-12)9-11(14(15)19)16(20)22-2/h9,12H,4-8,10H2,1-3H3. The van der Waals surface area contributed by atoms with Crippen LogP contribution in [0.1, 0.15) is 40.6 Å². The second-order valence-corrected chi connectivity index (χ2v) is 5.56. The maximum absolute atomic E-state index is 12.7. The number of unbranched alkanes of at least 4 members (excludes halogenated alkanes) is 1. The van der Waals surface area contributed by atoms with Gasteiger partial charge in [0.15, 0.2) is 17.7 Å². The first-order valence-corrected chi connectivity index (χ1v) is 8.33. The van der Waals surface area contributed by atoms with Gasteiger partial charge in [-0.15, -0.1) is 0 Å². The van der Waals surface area contributed by atoms with Crippen LogP contribution in [0.4, 0.5) is 0 Å². The summed E-state index contributed by atoms with van der Waals surface area (Å²) in [6.07, 6.45) is 2.13. The molecular weight excluding hydrogens is 346 g/mol.